The number of ether oxygens (including phenoxy) is 1. The zero-order valence-corrected chi connectivity index (χ0v) is 13.1. The number of aryl methyl sites for hydroxylation is 1. The predicted molar refractivity (Wildman–Crippen MR) is 80.6 cm³/mol. The van der Waals surface area contributed by atoms with Gasteiger partial charge in [0, 0.05) is 15.6 Å². The van der Waals surface area contributed by atoms with Crippen LogP contribution in [0.1, 0.15) is 26.3 Å². The average molecular weight is 369 g/mol. The van der Waals surface area contributed by atoms with Gasteiger partial charge in [0.2, 0.25) is 11.6 Å². The molecule has 0 spiro atoms. The topological polar surface area (TPSA) is 43.4 Å². The summed E-state index contributed by atoms with van der Waals surface area (Å²) in [6.07, 6.45) is 0. The van der Waals surface area contributed by atoms with Crippen LogP contribution in [-0.4, -0.2) is 18.2 Å². The number of hydrogen-bond donors (Lipinski definition) is 0. The molecule has 0 aliphatic rings. The van der Waals surface area contributed by atoms with Crippen LogP contribution in [0, 0.1) is 6.92 Å². The Labute approximate surface area is 134 Å². The third kappa shape index (κ3) is 3.76. The number of carbonyl (C=O) groups is 2. The van der Waals surface area contributed by atoms with Crippen LogP contribution in [-0.2, 0) is 0 Å². The third-order valence-corrected chi connectivity index (χ3v) is 3.44. The van der Waals surface area contributed by atoms with Gasteiger partial charge >= 0.3 is 6.61 Å². The van der Waals surface area contributed by atoms with Gasteiger partial charge in [-0.2, -0.15) is 8.78 Å². The summed E-state index contributed by atoms with van der Waals surface area (Å²) in [5.41, 5.74) is 0.738. The zero-order chi connectivity index (χ0) is 16.3. The van der Waals surface area contributed by atoms with Crippen molar-refractivity contribution in [2.45, 2.75) is 13.5 Å². The van der Waals surface area contributed by atoms with E-state index in [-0.39, 0.29) is 16.9 Å². The molecule has 0 radical (unpaired) electrons. The lowest BCUT2D eigenvalue weighted by Gasteiger charge is -2.09. The number of carbonyl (C=O) groups excluding carboxylic acids is 2. The Morgan fingerprint density at radius 3 is 2.23 bits per heavy atom. The second kappa shape index (κ2) is 6.79. The molecule has 0 heterocycles. The van der Waals surface area contributed by atoms with Crippen molar-refractivity contribution in [1.29, 1.82) is 0 Å². The molecule has 0 aliphatic carbocycles. The minimum absolute atomic E-state index is 0.0264. The lowest BCUT2D eigenvalue weighted by Crippen LogP contribution is -2.15. The normalized spacial score (nSPS) is 10.6. The second-order valence-corrected chi connectivity index (χ2v) is 5.44. The van der Waals surface area contributed by atoms with Crippen LogP contribution in [0.25, 0.3) is 0 Å². The first-order chi connectivity index (χ1) is 10.4. The smallest absolute Gasteiger partial charge is 0.387 e. The van der Waals surface area contributed by atoms with E-state index >= 15 is 0 Å². The molecule has 2 rings (SSSR count). The fourth-order valence-electron chi connectivity index (χ4n) is 1.91. The molecule has 0 saturated heterocycles. The zero-order valence-electron chi connectivity index (χ0n) is 11.5. The molecule has 3 nitrogen and oxygen atoms in total. The van der Waals surface area contributed by atoms with Crippen molar-refractivity contribution in [3.8, 4) is 5.75 Å². The minimum Gasteiger partial charge on any atom is -0.435 e. The first-order valence-electron chi connectivity index (χ1n) is 6.28. The van der Waals surface area contributed by atoms with Crippen molar-refractivity contribution >= 4 is 27.5 Å². The van der Waals surface area contributed by atoms with Gasteiger partial charge in [0.15, 0.2) is 0 Å². The number of rotatable bonds is 5. The van der Waals surface area contributed by atoms with Crippen molar-refractivity contribution in [2.24, 2.45) is 0 Å². The highest BCUT2D eigenvalue weighted by molar-refractivity contribution is 9.10. The van der Waals surface area contributed by atoms with E-state index in [2.05, 4.69) is 20.7 Å². The summed E-state index contributed by atoms with van der Waals surface area (Å²) in [6, 6.07) is 10.4. The maximum Gasteiger partial charge on any atom is 0.387 e. The van der Waals surface area contributed by atoms with Gasteiger partial charge < -0.3 is 4.74 Å². The van der Waals surface area contributed by atoms with Gasteiger partial charge in [-0.3, -0.25) is 9.59 Å². The Kier molecular flexibility index (Phi) is 5.03. The predicted octanol–water partition coefficient (Wildman–Crippen LogP) is 4.42. The number of benzene rings is 2. The lowest BCUT2D eigenvalue weighted by molar-refractivity contribution is -0.0502. The Balaban J connectivity index is 2.26. The summed E-state index contributed by atoms with van der Waals surface area (Å²) in [6.45, 7) is -1.42. The molecule has 2 aromatic carbocycles. The Hall–Kier alpha value is -2.08. The molecular formula is C16H11BrF2O3. The molecule has 0 fully saturated rings. The first-order valence-corrected chi connectivity index (χ1v) is 7.08. The second-order valence-electron chi connectivity index (χ2n) is 4.53. The molecule has 2 aromatic rings. The summed E-state index contributed by atoms with van der Waals surface area (Å²) in [4.78, 5) is 24.3. The summed E-state index contributed by atoms with van der Waals surface area (Å²) in [5.74, 6) is -1.39. The van der Waals surface area contributed by atoms with Crippen LogP contribution in [0.3, 0.4) is 0 Å². The number of alkyl halides is 2. The van der Waals surface area contributed by atoms with Crippen LogP contribution in [0.4, 0.5) is 8.78 Å². The van der Waals surface area contributed by atoms with Crippen molar-refractivity contribution in [3.63, 3.8) is 0 Å². The van der Waals surface area contributed by atoms with Crippen LogP contribution in [0.2, 0.25) is 0 Å². The molecular weight excluding hydrogens is 358 g/mol. The van der Waals surface area contributed by atoms with E-state index in [1.165, 1.54) is 31.2 Å². The molecule has 0 amide bonds. The van der Waals surface area contributed by atoms with Gasteiger partial charge in [-0.1, -0.05) is 28.1 Å². The number of halogens is 3. The summed E-state index contributed by atoms with van der Waals surface area (Å²) < 4.78 is 29.4. The van der Waals surface area contributed by atoms with E-state index in [9.17, 15) is 18.4 Å². The van der Waals surface area contributed by atoms with E-state index in [0.717, 1.165) is 0 Å². The molecule has 0 saturated carbocycles. The molecule has 0 aliphatic heterocycles. The summed E-state index contributed by atoms with van der Waals surface area (Å²) >= 11 is 3.23. The van der Waals surface area contributed by atoms with Crippen molar-refractivity contribution < 1.29 is 23.1 Å². The Morgan fingerprint density at radius 2 is 1.68 bits per heavy atom. The van der Waals surface area contributed by atoms with Crippen molar-refractivity contribution in [2.75, 3.05) is 0 Å². The highest BCUT2D eigenvalue weighted by atomic mass is 79.9. The quantitative estimate of drug-likeness (QED) is 0.579. The Morgan fingerprint density at radius 1 is 1.05 bits per heavy atom. The maximum atomic E-state index is 12.2. The van der Waals surface area contributed by atoms with E-state index in [4.69, 9.17) is 0 Å². The van der Waals surface area contributed by atoms with Gasteiger partial charge in [0.1, 0.15) is 5.75 Å². The van der Waals surface area contributed by atoms with Gasteiger partial charge in [-0.15, -0.1) is 0 Å². The number of Topliss-reactive ketones (excluding diaryl/α,β-unsaturated/α-hetero) is 2. The maximum absolute atomic E-state index is 12.2. The van der Waals surface area contributed by atoms with Crippen LogP contribution in [0.5, 0.6) is 5.75 Å². The highest BCUT2D eigenvalue weighted by Crippen LogP contribution is 2.22. The standard InChI is InChI=1S/C16H11BrF2O3/c1-9-7-11(5-6-13(9)22-16(18)19)15(21)14(20)10-3-2-4-12(17)8-10/h2-8,16H,1H3. The largest absolute Gasteiger partial charge is 0.435 e. The van der Waals surface area contributed by atoms with Gasteiger partial charge in [-0.05, 0) is 42.8 Å². The Bertz CT molecular complexity index is 729. The van der Waals surface area contributed by atoms with E-state index < -0.39 is 18.2 Å². The number of ketones is 2. The SMILES string of the molecule is Cc1cc(C(=O)C(=O)c2cccc(Br)c2)ccc1OC(F)F. The molecule has 22 heavy (non-hydrogen) atoms. The van der Waals surface area contributed by atoms with E-state index in [1.807, 2.05) is 0 Å². The first kappa shape index (κ1) is 16.3. The van der Waals surface area contributed by atoms with Gasteiger partial charge in [0.25, 0.3) is 0 Å². The van der Waals surface area contributed by atoms with E-state index in [1.54, 1.807) is 18.2 Å². The van der Waals surface area contributed by atoms with Crippen LogP contribution >= 0.6 is 15.9 Å². The van der Waals surface area contributed by atoms with Gasteiger partial charge in [0.05, 0.1) is 0 Å². The van der Waals surface area contributed by atoms with Gasteiger partial charge in [-0.25, -0.2) is 0 Å². The monoisotopic (exact) mass is 368 g/mol. The molecule has 0 atom stereocenters. The summed E-state index contributed by atoms with van der Waals surface area (Å²) in [7, 11) is 0. The average Bonchev–Trinajstić information content (AvgIpc) is 2.47. The van der Waals surface area contributed by atoms with Crippen LogP contribution < -0.4 is 4.74 Å². The van der Waals surface area contributed by atoms with Crippen molar-refractivity contribution in [3.05, 3.63) is 63.6 Å². The third-order valence-electron chi connectivity index (χ3n) is 2.95. The molecule has 0 aromatic heterocycles. The minimum atomic E-state index is -2.94. The molecule has 0 bridgehead atoms. The number of hydrogen-bond acceptors (Lipinski definition) is 3. The highest BCUT2D eigenvalue weighted by Gasteiger charge is 2.19. The lowest BCUT2D eigenvalue weighted by atomic mass is 10.00. The molecule has 114 valence electrons. The summed E-state index contributed by atoms with van der Waals surface area (Å²) in [5, 5.41) is 0. The van der Waals surface area contributed by atoms with Crippen LogP contribution in [0.15, 0.2) is 46.9 Å². The molecule has 6 heteroatoms. The van der Waals surface area contributed by atoms with Crippen molar-refractivity contribution in [1.82, 2.24) is 0 Å². The fourth-order valence-corrected chi connectivity index (χ4v) is 2.31. The fraction of sp³-hybridized carbons (Fsp3) is 0.125. The molecule has 0 unspecified atom stereocenters. The molecule has 0 N–H and O–H groups in total. The van der Waals surface area contributed by atoms with E-state index in [0.29, 0.717) is 10.0 Å².